The molecule has 3 rings (SSSR count). The number of esters is 1. The van der Waals surface area contributed by atoms with Crippen molar-refractivity contribution in [3.8, 4) is 5.75 Å². The molecule has 0 aliphatic rings. The van der Waals surface area contributed by atoms with Crippen LogP contribution in [0.3, 0.4) is 0 Å². The number of imidazole rings is 1. The summed E-state index contributed by atoms with van der Waals surface area (Å²) in [6.07, 6.45) is 2.58. The van der Waals surface area contributed by atoms with Gasteiger partial charge in [-0.2, -0.15) is 0 Å². The number of anilines is 1. The number of rotatable bonds is 10. The van der Waals surface area contributed by atoms with Crippen LogP contribution in [0.1, 0.15) is 20.8 Å². The molecule has 11 nitrogen and oxygen atoms in total. The minimum atomic E-state index is -3.78. The zero-order valence-electron chi connectivity index (χ0n) is 18.1. The highest BCUT2D eigenvalue weighted by Crippen LogP contribution is 2.48. The molecule has 32 heavy (non-hydrogen) atoms. The molecule has 2 N–H and O–H groups in total. The molecule has 1 unspecified atom stereocenters. The van der Waals surface area contributed by atoms with Gasteiger partial charge in [0.2, 0.25) is 6.79 Å². The van der Waals surface area contributed by atoms with Gasteiger partial charge in [-0.3, -0.25) is 9.32 Å². The molecule has 2 heterocycles. The molecule has 0 aliphatic heterocycles. The van der Waals surface area contributed by atoms with Gasteiger partial charge in [0.1, 0.15) is 17.6 Å². The second kappa shape index (κ2) is 10.1. The highest BCUT2D eigenvalue weighted by molar-refractivity contribution is 7.54. The minimum Gasteiger partial charge on any atom is -0.438 e. The van der Waals surface area contributed by atoms with Crippen molar-refractivity contribution in [2.45, 2.75) is 27.3 Å². The summed E-state index contributed by atoms with van der Waals surface area (Å²) in [5, 5.41) is 0. The normalized spacial score (nSPS) is 13.6. The Morgan fingerprint density at radius 2 is 1.91 bits per heavy atom. The highest BCUT2D eigenvalue weighted by Gasteiger charge is 2.29. The van der Waals surface area contributed by atoms with Crippen molar-refractivity contribution in [3.63, 3.8) is 0 Å². The summed E-state index contributed by atoms with van der Waals surface area (Å²) >= 11 is 0. The number of para-hydroxylation sites is 1. The van der Waals surface area contributed by atoms with Crippen LogP contribution in [0.4, 0.5) is 5.82 Å². The fraction of sp³-hybridized carbons (Fsp3) is 0.400. The number of nitrogens with zero attached hydrogens (tertiary/aromatic N) is 4. The Kier molecular flexibility index (Phi) is 7.44. The number of aromatic nitrogens is 4. The molecule has 0 saturated carbocycles. The fourth-order valence-electron chi connectivity index (χ4n) is 2.51. The van der Waals surface area contributed by atoms with Crippen molar-refractivity contribution in [3.05, 3.63) is 43.0 Å². The second-order valence-electron chi connectivity index (χ2n) is 7.85. The lowest BCUT2D eigenvalue weighted by molar-refractivity contribution is -0.159. The minimum absolute atomic E-state index is 0.169. The molecule has 0 fully saturated rings. The van der Waals surface area contributed by atoms with Crippen molar-refractivity contribution in [2.24, 2.45) is 5.41 Å². The van der Waals surface area contributed by atoms with Gasteiger partial charge in [0.25, 0.3) is 0 Å². The quantitative estimate of drug-likeness (QED) is 0.206. The standard InChI is InChI=1S/C20H26N5O6P/c1-20(2,3)19(26)29-13-30-32(27,31-15-7-5-4-6-8-15)14-28-10-9-25-12-24-16-17(21)22-11-23-18(16)25/h4-8,11-12H,9-10,13-14H2,1-3H3,(H2,21,22,23). The van der Waals surface area contributed by atoms with E-state index in [9.17, 15) is 9.36 Å². The number of carbonyl (C=O) groups is 1. The molecule has 0 saturated heterocycles. The van der Waals surface area contributed by atoms with E-state index in [1.165, 1.54) is 6.33 Å². The predicted octanol–water partition coefficient (Wildman–Crippen LogP) is 3.22. The molecular weight excluding hydrogens is 437 g/mol. The Labute approximate surface area is 185 Å². The van der Waals surface area contributed by atoms with Crippen molar-refractivity contribution in [1.29, 1.82) is 0 Å². The summed E-state index contributed by atoms with van der Waals surface area (Å²) in [4.78, 5) is 24.2. The van der Waals surface area contributed by atoms with E-state index in [-0.39, 0.29) is 18.8 Å². The van der Waals surface area contributed by atoms with Gasteiger partial charge in [-0.25, -0.2) is 19.5 Å². The number of nitrogen functional groups attached to an aromatic ring is 1. The maximum Gasteiger partial charge on any atom is 0.407 e. The van der Waals surface area contributed by atoms with Crippen LogP contribution >= 0.6 is 7.60 Å². The van der Waals surface area contributed by atoms with E-state index in [0.717, 1.165) is 0 Å². The van der Waals surface area contributed by atoms with Crippen LogP contribution in [-0.2, 0) is 29.9 Å². The molecule has 2 aromatic heterocycles. The third-order valence-corrected chi connectivity index (χ3v) is 5.68. The fourth-order valence-corrected chi connectivity index (χ4v) is 3.70. The molecule has 0 aliphatic carbocycles. The van der Waals surface area contributed by atoms with Crippen LogP contribution < -0.4 is 10.3 Å². The molecule has 0 amide bonds. The van der Waals surface area contributed by atoms with Crippen molar-refractivity contribution >= 4 is 30.5 Å². The molecule has 0 radical (unpaired) electrons. The Morgan fingerprint density at radius 3 is 2.62 bits per heavy atom. The monoisotopic (exact) mass is 463 g/mol. The molecule has 1 aromatic carbocycles. The molecule has 0 bridgehead atoms. The third kappa shape index (κ3) is 6.25. The van der Waals surface area contributed by atoms with Crippen molar-refractivity contribution in [1.82, 2.24) is 19.5 Å². The number of hydrogen-bond acceptors (Lipinski definition) is 10. The smallest absolute Gasteiger partial charge is 0.407 e. The summed E-state index contributed by atoms with van der Waals surface area (Å²) in [7, 11) is -3.78. The molecular formula is C20H26N5O6P. The van der Waals surface area contributed by atoms with Gasteiger partial charge in [0.05, 0.1) is 18.3 Å². The van der Waals surface area contributed by atoms with E-state index in [4.69, 9.17) is 24.3 Å². The van der Waals surface area contributed by atoms with Gasteiger partial charge in [-0.15, -0.1) is 0 Å². The lowest BCUT2D eigenvalue weighted by Crippen LogP contribution is -2.24. The Bertz CT molecular complexity index is 1100. The summed E-state index contributed by atoms with van der Waals surface area (Å²) in [5.74, 6) is 0.140. The van der Waals surface area contributed by atoms with Gasteiger partial charge in [-0.1, -0.05) is 18.2 Å². The average molecular weight is 463 g/mol. The third-order valence-electron chi connectivity index (χ3n) is 4.19. The highest BCUT2D eigenvalue weighted by atomic mass is 31.2. The summed E-state index contributed by atoms with van der Waals surface area (Å²) < 4.78 is 36.5. The zero-order valence-corrected chi connectivity index (χ0v) is 19.0. The van der Waals surface area contributed by atoms with E-state index in [2.05, 4.69) is 15.0 Å². The van der Waals surface area contributed by atoms with Gasteiger partial charge in [0.15, 0.2) is 17.8 Å². The van der Waals surface area contributed by atoms with Crippen molar-refractivity contribution < 1.29 is 27.9 Å². The number of nitrogens with two attached hydrogens (primary N) is 1. The van der Waals surface area contributed by atoms with Crippen LogP contribution in [0.2, 0.25) is 0 Å². The van der Waals surface area contributed by atoms with Crippen LogP contribution in [0.5, 0.6) is 5.75 Å². The van der Waals surface area contributed by atoms with E-state index in [1.807, 2.05) is 0 Å². The maximum atomic E-state index is 13.2. The SMILES string of the molecule is CC(C)(C)C(=O)OCOP(=O)(COCCn1cnc2c(N)ncnc21)Oc1ccccc1. The van der Waals surface area contributed by atoms with E-state index >= 15 is 0 Å². The largest absolute Gasteiger partial charge is 0.438 e. The Morgan fingerprint density at radius 1 is 1.16 bits per heavy atom. The summed E-state index contributed by atoms with van der Waals surface area (Å²) in [6, 6.07) is 8.54. The van der Waals surface area contributed by atoms with Crippen LogP contribution in [0.25, 0.3) is 11.2 Å². The Balaban J connectivity index is 1.59. The average Bonchev–Trinajstić information content (AvgIpc) is 3.16. The van der Waals surface area contributed by atoms with Gasteiger partial charge >= 0.3 is 13.6 Å². The summed E-state index contributed by atoms with van der Waals surface area (Å²) in [6.45, 7) is 5.14. The first-order chi connectivity index (χ1) is 15.2. The van der Waals surface area contributed by atoms with Crippen LogP contribution in [-0.4, -0.2) is 45.2 Å². The first kappa shape index (κ1) is 23.6. The van der Waals surface area contributed by atoms with Gasteiger partial charge < -0.3 is 24.3 Å². The number of hydrogen-bond donors (Lipinski definition) is 1. The van der Waals surface area contributed by atoms with E-state index in [1.54, 1.807) is 62.0 Å². The first-order valence-electron chi connectivity index (χ1n) is 9.82. The number of ether oxygens (including phenoxy) is 2. The van der Waals surface area contributed by atoms with Gasteiger partial charge in [-0.05, 0) is 32.9 Å². The summed E-state index contributed by atoms with van der Waals surface area (Å²) in [5.41, 5.74) is 6.13. The van der Waals surface area contributed by atoms with Crippen LogP contribution in [0.15, 0.2) is 43.0 Å². The van der Waals surface area contributed by atoms with Crippen molar-refractivity contribution in [2.75, 3.05) is 25.5 Å². The zero-order chi connectivity index (χ0) is 23.2. The predicted molar refractivity (Wildman–Crippen MR) is 117 cm³/mol. The van der Waals surface area contributed by atoms with Crippen LogP contribution in [0, 0.1) is 5.41 Å². The van der Waals surface area contributed by atoms with Gasteiger partial charge in [0, 0.05) is 6.54 Å². The first-order valence-corrected chi connectivity index (χ1v) is 11.6. The second-order valence-corrected chi connectivity index (χ2v) is 9.77. The lowest BCUT2D eigenvalue weighted by Gasteiger charge is -2.21. The van der Waals surface area contributed by atoms with E-state index in [0.29, 0.717) is 23.5 Å². The molecule has 3 aromatic rings. The number of fused-ring (bicyclic) bond motifs is 1. The molecule has 0 spiro atoms. The topological polar surface area (TPSA) is 141 Å². The molecule has 1 atom stereocenters. The number of benzene rings is 1. The molecule has 12 heteroatoms. The maximum absolute atomic E-state index is 13.2. The Hall–Kier alpha value is -3.01. The lowest BCUT2D eigenvalue weighted by atomic mass is 9.98. The number of carbonyl (C=O) groups excluding carboxylic acids is 1. The van der Waals surface area contributed by atoms with E-state index < -0.39 is 25.8 Å². The molecule has 172 valence electrons.